The van der Waals surface area contributed by atoms with E-state index in [9.17, 15) is 4.39 Å². The molecule has 2 rings (SSSR count). The molecule has 0 bridgehead atoms. The Labute approximate surface area is 122 Å². The van der Waals surface area contributed by atoms with Crippen LogP contribution in [0.4, 0.5) is 15.8 Å². The average Bonchev–Trinajstić information content (AvgIpc) is 2.44. The molecular weight excluding hydrogens is 279 g/mol. The lowest BCUT2D eigenvalue weighted by Crippen LogP contribution is -2.04. The second-order valence-electron chi connectivity index (χ2n) is 4.25. The minimum Gasteiger partial charge on any atom is -0.492 e. The lowest BCUT2D eigenvalue weighted by molar-refractivity contribution is 0.342. The molecule has 0 saturated heterocycles. The van der Waals surface area contributed by atoms with Crippen LogP contribution in [0.2, 0.25) is 5.02 Å². The van der Waals surface area contributed by atoms with Crippen molar-refractivity contribution < 1.29 is 9.13 Å². The fourth-order valence-corrected chi connectivity index (χ4v) is 2.03. The predicted molar refractivity (Wildman–Crippen MR) is 80.8 cm³/mol. The first-order chi connectivity index (χ1) is 9.61. The molecule has 2 aromatic rings. The summed E-state index contributed by atoms with van der Waals surface area (Å²) in [6.07, 6.45) is 0. The van der Waals surface area contributed by atoms with Gasteiger partial charge in [-0.2, -0.15) is 0 Å². The highest BCUT2D eigenvalue weighted by molar-refractivity contribution is 6.30. The van der Waals surface area contributed by atoms with E-state index in [0.717, 1.165) is 11.3 Å². The summed E-state index contributed by atoms with van der Waals surface area (Å²) >= 11 is 5.75. The van der Waals surface area contributed by atoms with E-state index >= 15 is 0 Å². The third-order valence-electron chi connectivity index (χ3n) is 2.83. The quantitative estimate of drug-likeness (QED) is 0.817. The van der Waals surface area contributed by atoms with Gasteiger partial charge in [-0.3, -0.25) is 0 Å². The van der Waals surface area contributed by atoms with Gasteiger partial charge >= 0.3 is 0 Å². The summed E-state index contributed by atoms with van der Waals surface area (Å²) < 4.78 is 18.5. The molecule has 0 atom stereocenters. The molecule has 0 unspecified atom stereocenters. The number of hydrogen-bond acceptors (Lipinski definition) is 3. The number of para-hydroxylation sites is 1. The number of benzene rings is 2. The van der Waals surface area contributed by atoms with Gasteiger partial charge in [0.05, 0.1) is 23.0 Å². The van der Waals surface area contributed by atoms with Crippen LogP contribution in [0.15, 0.2) is 36.4 Å². The number of nitrogen functional groups attached to an aromatic ring is 1. The van der Waals surface area contributed by atoms with E-state index in [0.29, 0.717) is 24.6 Å². The van der Waals surface area contributed by atoms with E-state index < -0.39 is 5.82 Å². The zero-order chi connectivity index (χ0) is 14.5. The van der Waals surface area contributed by atoms with Crippen LogP contribution in [0.3, 0.4) is 0 Å². The molecule has 0 radical (unpaired) electrons. The van der Waals surface area contributed by atoms with Gasteiger partial charge in [-0.05, 0) is 36.8 Å². The zero-order valence-electron chi connectivity index (χ0n) is 11.1. The number of nitrogens with two attached hydrogens (primary N) is 1. The number of ether oxygens (including phenoxy) is 1. The van der Waals surface area contributed by atoms with Crippen LogP contribution in [-0.4, -0.2) is 6.61 Å². The number of hydrogen-bond donors (Lipinski definition) is 2. The maximum Gasteiger partial charge on any atom is 0.144 e. The van der Waals surface area contributed by atoms with Crippen molar-refractivity contribution in [2.75, 3.05) is 17.7 Å². The molecule has 5 heteroatoms. The maximum atomic E-state index is 13.1. The van der Waals surface area contributed by atoms with Crippen molar-refractivity contribution in [2.24, 2.45) is 0 Å². The van der Waals surface area contributed by atoms with Crippen molar-refractivity contribution in [1.82, 2.24) is 0 Å². The summed E-state index contributed by atoms with van der Waals surface area (Å²) in [6.45, 7) is 2.96. The minimum absolute atomic E-state index is 0.111. The molecule has 0 saturated carbocycles. The van der Waals surface area contributed by atoms with Crippen LogP contribution in [0, 0.1) is 5.82 Å². The number of halogens is 2. The summed E-state index contributed by atoms with van der Waals surface area (Å²) in [6, 6.07) is 10.2. The molecule has 3 N–H and O–H groups in total. The Hall–Kier alpha value is -1.94. The average molecular weight is 295 g/mol. The smallest absolute Gasteiger partial charge is 0.144 e. The van der Waals surface area contributed by atoms with Crippen LogP contribution in [-0.2, 0) is 6.54 Å². The molecule has 2 aromatic carbocycles. The number of nitrogens with one attached hydrogen (secondary N) is 1. The molecule has 0 amide bonds. The Balaban J connectivity index is 2.10. The van der Waals surface area contributed by atoms with Gasteiger partial charge in [0.1, 0.15) is 11.6 Å². The van der Waals surface area contributed by atoms with Crippen LogP contribution in [0.5, 0.6) is 5.75 Å². The van der Waals surface area contributed by atoms with Crippen LogP contribution in [0.25, 0.3) is 0 Å². The monoisotopic (exact) mass is 294 g/mol. The minimum atomic E-state index is -0.423. The Morgan fingerprint density at radius 2 is 2.10 bits per heavy atom. The number of rotatable bonds is 5. The van der Waals surface area contributed by atoms with Crippen LogP contribution in [0.1, 0.15) is 12.5 Å². The molecule has 0 aliphatic rings. The highest BCUT2D eigenvalue weighted by atomic mass is 35.5. The Morgan fingerprint density at radius 1 is 1.30 bits per heavy atom. The van der Waals surface area contributed by atoms with E-state index in [1.54, 1.807) is 12.1 Å². The van der Waals surface area contributed by atoms with E-state index in [4.69, 9.17) is 22.1 Å². The second kappa shape index (κ2) is 6.48. The Kier molecular flexibility index (Phi) is 4.69. The first-order valence-electron chi connectivity index (χ1n) is 6.31. The van der Waals surface area contributed by atoms with E-state index in [2.05, 4.69) is 5.32 Å². The largest absolute Gasteiger partial charge is 0.492 e. The van der Waals surface area contributed by atoms with Crippen LogP contribution < -0.4 is 15.8 Å². The predicted octanol–water partition coefficient (Wildman–Crippen LogP) is 4.07. The normalized spacial score (nSPS) is 10.3. The van der Waals surface area contributed by atoms with Gasteiger partial charge in [0.25, 0.3) is 0 Å². The van der Waals surface area contributed by atoms with E-state index in [1.807, 2.05) is 25.1 Å². The standard InChI is InChI=1S/C15H16ClFN2O/c1-2-20-14-5-3-4-13(15(14)18)19-9-10-6-7-12(17)11(16)8-10/h3-8,19H,2,9,18H2,1H3. The van der Waals surface area contributed by atoms with Crippen molar-refractivity contribution >= 4 is 23.0 Å². The van der Waals surface area contributed by atoms with E-state index in [-0.39, 0.29) is 5.02 Å². The Morgan fingerprint density at radius 3 is 2.80 bits per heavy atom. The second-order valence-corrected chi connectivity index (χ2v) is 4.66. The van der Waals surface area contributed by atoms with Gasteiger partial charge in [-0.1, -0.05) is 23.7 Å². The van der Waals surface area contributed by atoms with Crippen LogP contribution >= 0.6 is 11.6 Å². The van der Waals surface area contributed by atoms with Crippen molar-refractivity contribution in [3.8, 4) is 5.75 Å². The summed E-state index contributed by atoms with van der Waals surface area (Å²) in [4.78, 5) is 0. The fraction of sp³-hybridized carbons (Fsp3) is 0.200. The molecule has 20 heavy (non-hydrogen) atoms. The Bertz CT molecular complexity index is 604. The third-order valence-corrected chi connectivity index (χ3v) is 3.12. The van der Waals surface area contributed by atoms with Gasteiger partial charge in [0.15, 0.2) is 0 Å². The topological polar surface area (TPSA) is 47.3 Å². The van der Waals surface area contributed by atoms with Crippen molar-refractivity contribution in [1.29, 1.82) is 0 Å². The summed E-state index contributed by atoms with van der Waals surface area (Å²) in [7, 11) is 0. The zero-order valence-corrected chi connectivity index (χ0v) is 11.9. The molecule has 0 fully saturated rings. The molecule has 3 nitrogen and oxygen atoms in total. The molecule has 0 aliphatic carbocycles. The highest BCUT2D eigenvalue weighted by Crippen LogP contribution is 2.29. The lowest BCUT2D eigenvalue weighted by atomic mass is 10.2. The van der Waals surface area contributed by atoms with Crippen molar-refractivity contribution in [3.63, 3.8) is 0 Å². The number of anilines is 2. The van der Waals surface area contributed by atoms with Crippen molar-refractivity contribution in [2.45, 2.75) is 13.5 Å². The van der Waals surface area contributed by atoms with Gasteiger partial charge in [0.2, 0.25) is 0 Å². The van der Waals surface area contributed by atoms with Gasteiger partial charge in [0, 0.05) is 6.54 Å². The highest BCUT2D eigenvalue weighted by Gasteiger charge is 2.06. The molecule has 106 valence electrons. The summed E-state index contributed by atoms with van der Waals surface area (Å²) in [5.74, 6) is 0.225. The van der Waals surface area contributed by atoms with Crippen molar-refractivity contribution in [3.05, 3.63) is 52.8 Å². The SMILES string of the molecule is CCOc1cccc(NCc2ccc(F)c(Cl)c2)c1N. The first-order valence-corrected chi connectivity index (χ1v) is 6.68. The third kappa shape index (κ3) is 3.33. The van der Waals surface area contributed by atoms with Gasteiger partial charge < -0.3 is 15.8 Å². The first kappa shape index (κ1) is 14.5. The van der Waals surface area contributed by atoms with Gasteiger partial charge in [-0.15, -0.1) is 0 Å². The molecule has 0 aliphatic heterocycles. The maximum absolute atomic E-state index is 13.1. The summed E-state index contributed by atoms with van der Waals surface area (Å²) in [5, 5.41) is 3.30. The molecule has 0 spiro atoms. The van der Waals surface area contributed by atoms with E-state index in [1.165, 1.54) is 6.07 Å². The molecule has 0 heterocycles. The summed E-state index contributed by atoms with van der Waals surface area (Å²) in [5.41, 5.74) is 8.22. The van der Waals surface area contributed by atoms with Gasteiger partial charge in [-0.25, -0.2) is 4.39 Å². The lowest BCUT2D eigenvalue weighted by Gasteiger charge is -2.13. The molecular formula is C15H16ClFN2O. The molecule has 0 aromatic heterocycles. The fourth-order valence-electron chi connectivity index (χ4n) is 1.83.